The van der Waals surface area contributed by atoms with Crippen LogP contribution in [-0.4, -0.2) is 24.7 Å². The summed E-state index contributed by atoms with van der Waals surface area (Å²) in [6.07, 6.45) is 0. The molecule has 0 amide bonds. The first-order valence-electron chi connectivity index (χ1n) is 6.39. The van der Waals surface area contributed by atoms with Gasteiger partial charge in [0, 0.05) is 17.6 Å². The number of esters is 1. The average Bonchev–Trinajstić information content (AvgIpc) is 2.82. The van der Waals surface area contributed by atoms with E-state index in [1.807, 2.05) is 31.2 Å². The maximum absolute atomic E-state index is 11.8. The summed E-state index contributed by atoms with van der Waals surface area (Å²) in [5.74, 6) is -0.364. The van der Waals surface area contributed by atoms with Gasteiger partial charge in [-0.2, -0.15) is 0 Å². The number of thiazole rings is 1. The summed E-state index contributed by atoms with van der Waals surface area (Å²) < 4.78 is 10.2. The fourth-order valence-electron chi connectivity index (χ4n) is 1.91. The molecule has 1 heterocycles. The molecule has 0 aliphatic rings. The largest absolute Gasteiger partial charge is 0.461 e. The Kier molecular flexibility index (Phi) is 4.87. The molecule has 0 N–H and O–H groups in total. The Morgan fingerprint density at radius 3 is 2.80 bits per heavy atom. The molecule has 0 bridgehead atoms. The molecule has 0 aliphatic heterocycles. The molecule has 0 fully saturated rings. The highest BCUT2D eigenvalue weighted by molar-refractivity contribution is 7.15. The van der Waals surface area contributed by atoms with Gasteiger partial charge in [0.2, 0.25) is 0 Å². The van der Waals surface area contributed by atoms with E-state index in [1.54, 1.807) is 14.0 Å². The van der Waals surface area contributed by atoms with E-state index >= 15 is 0 Å². The van der Waals surface area contributed by atoms with Crippen LogP contribution in [0.5, 0.6) is 0 Å². The molecule has 1 aromatic carbocycles. The lowest BCUT2D eigenvalue weighted by molar-refractivity contribution is 0.0519. The molecule has 4 nitrogen and oxygen atoms in total. The molecule has 0 saturated heterocycles. The van der Waals surface area contributed by atoms with Crippen LogP contribution < -0.4 is 0 Å². The molecule has 0 unspecified atom stereocenters. The first kappa shape index (κ1) is 14.7. The molecule has 20 heavy (non-hydrogen) atoms. The first-order chi connectivity index (χ1) is 9.67. The zero-order valence-electron chi connectivity index (χ0n) is 11.8. The lowest BCUT2D eigenvalue weighted by Crippen LogP contribution is -2.06. The van der Waals surface area contributed by atoms with Crippen molar-refractivity contribution in [2.75, 3.05) is 13.7 Å². The van der Waals surface area contributed by atoms with Gasteiger partial charge in [0.1, 0.15) is 5.01 Å². The molecule has 0 atom stereocenters. The summed E-state index contributed by atoms with van der Waals surface area (Å²) in [5.41, 5.74) is 2.45. The number of nitrogens with zero attached hydrogens (tertiary/aromatic N) is 1. The predicted octanol–water partition coefficient (Wildman–Crippen LogP) is 3.44. The van der Waals surface area contributed by atoms with Gasteiger partial charge in [-0.05, 0) is 19.4 Å². The average molecular weight is 291 g/mol. The minimum Gasteiger partial charge on any atom is -0.461 e. The van der Waals surface area contributed by atoms with E-state index in [9.17, 15) is 4.79 Å². The van der Waals surface area contributed by atoms with Gasteiger partial charge in [0.25, 0.3) is 0 Å². The van der Waals surface area contributed by atoms with Gasteiger partial charge in [-0.3, -0.25) is 0 Å². The number of ether oxygens (including phenoxy) is 2. The Bertz CT molecular complexity index is 607. The Balaban J connectivity index is 2.39. The normalized spacial score (nSPS) is 10.6. The minimum absolute atomic E-state index is 0.353. The highest BCUT2D eigenvalue weighted by Gasteiger charge is 2.18. The van der Waals surface area contributed by atoms with Gasteiger partial charge >= 0.3 is 5.97 Å². The molecular formula is C15H17NO3S. The SMILES string of the molecule is CCOC(=O)c1nc(-c2ccccc2COC)sc1C. The van der Waals surface area contributed by atoms with Gasteiger partial charge in [-0.15, -0.1) is 11.3 Å². The van der Waals surface area contributed by atoms with Crippen LogP contribution in [0.1, 0.15) is 27.9 Å². The van der Waals surface area contributed by atoms with Crippen molar-refractivity contribution in [3.05, 3.63) is 40.4 Å². The lowest BCUT2D eigenvalue weighted by Gasteiger charge is -2.05. The van der Waals surface area contributed by atoms with Crippen LogP contribution in [0.2, 0.25) is 0 Å². The van der Waals surface area contributed by atoms with Crippen molar-refractivity contribution >= 4 is 17.3 Å². The van der Waals surface area contributed by atoms with Crippen molar-refractivity contribution in [3.63, 3.8) is 0 Å². The van der Waals surface area contributed by atoms with E-state index in [0.717, 1.165) is 21.0 Å². The zero-order valence-corrected chi connectivity index (χ0v) is 12.6. The van der Waals surface area contributed by atoms with Crippen molar-refractivity contribution in [1.29, 1.82) is 0 Å². The second kappa shape index (κ2) is 6.63. The van der Waals surface area contributed by atoms with Crippen LogP contribution in [0.15, 0.2) is 24.3 Å². The maximum atomic E-state index is 11.8. The topological polar surface area (TPSA) is 48.4 Å². The molecule has 0 spiro atoms. The van der Waals surface area contributed by atoms with Crippen molar-refractivity contribution in [2.45, 2.75) is 20.5 Å². The van der Waals surface area contributed by atoms with Crippen LogP contribution in [0.3, 0.4) is 0 Å². The number of aromatic nitrogens is 1. The summed E-state index contributed by atoms with van der Waals surface area (Å²) >= 11 is 1.49. The minimum atomic E-state index is -0.364. The van der Waals surface area contributed by atoms with Crippen LogP contribution in [0, 0.1) is 6.92 Å². The van der Waals surface area contributed by atoms with E-state index in [2.05, 4.69) is 4.98 Å². The maximum Gasteiger partial charge on any atom is 0.358 e. The first-order valence-corrected chi connectivity index (χ1v) is 7.20. The Morgan fingerprint density at radius 2 is 2.10 bits per heavy atom. The number of hydrogen-bond donors (Lipinski definition) is 0. The smallest absolute Gasteiger partial charge is 0.358 e. The van der Waals surface area contributed by atoms with Crippen LogP contribution in [0.25, 0.3) is 10.6 Å². The summed E-state index contributed by atoms with van der Waals surface area (Å²) in [6.45, 7) is 4.54. The number of aryl methyl sites for hydroxylation is 1. The molecule has 106 valence electrons. The molecule has 0 radical (unpaired) electrons. The van der Waals surface area contributed by atoms with Gasteiger partial charge in [-0.25, -0.2) is 9.78 Å². The number of carbonyl (C=O) groups is 1. The fourth-order valence-corrected chi connectivity index (χ4v) is 2.87. The zero-order chi connectivity index (χ0) is 14.5. The van der Waals surface area contributed by atoms with Gasteiger partial charge in [-0.1, -0.05) is 24.3 Å². The monoisotopic (exact) mass is 291 g/mol. The van der Waals surface area contributed by atoms with Crippen molar-refractivity contribution < 1.29 is 14.3 Å². The highest BCUT2D eigenvalue weighted by Crippen LogP contribution is 2.30. The van der Waals surface area contributed by atoms with Crippen molar-refractivity contribution in [3.8, 4) is 10.6 Å². The summed E-state index contributed by atoms with van der Waals surface area (Å²) in [5, 5.41) is 0.818. The molecule has 2 rings (SSSR count). The van der Waals surface area contributed by atoms with Crippen LogP contribution >= 0.6 is 11.3 Å². The molecular weight excluding hydrogens is 274 g/mol. The van der Waals surface area contributed by atoms with Gasteiger partial charge in [0.05, 0.1) is 13.2 Å². The third kappa shape index (κ3) is 3.05. The number of carbonyl (C=O) groups excluding carboxylic acids is 1. The lowest BCUT2D eigenvalue weighted by atomic mass is 10.1. The standard InChI is InChI=1S/C15H17NO3S/c1-4-19-15(17)13-10(2)20-14(16-13)12-8-6-5-7-11(12)9-18-3/h5-8H,4,9H2,1-3H3. The number of rotatable bonds is 5. The highest BCUT2D eigenvalue weighted by atomic mass is 32.1. The van der Waals surface area contributed by atoms with E-state index < -0.39 is 0 Å². The third-order valence-electron chi connectivity index (χ3n) is 2.81. The molecule has 5 heteroatoms. The number of hydrogen-bond acceptors (Lipinski definition) is 5. The summed E-state index contributed by atoms with van der Waals surface area (Å²) in [6, 6.07) is 7.90. The van der Waals surface area contributed by atoms with Crippen LogP contribution in [0.4, 0.5) is 0 Å². The fraction of sp³-hybridized carbons (Fsp3) is 0.333. The summed E-state index contributed by atoms with van der Waals surface area (Å²) in [4.78, 5) is 17.1. The van der Waals surface area contributed by atoms with E-state index in [-0.39, 0.29) is 5.97 Å². The number of methoxy groups -OCH3 is 1. The summed E-state index contributed by atoms with van der Waals surface area (Å²) in [7, 11) is 1.66. The van der Waals surface area contributed by atoms with Gasteiger partial charge < -0.3 is 9.47 Å². The van der Waals surface area contributed by atoms with Crippen molar-refractivity contribution in [1.82, 2.24) is 4.98 Å². The Hall–Kier alpha value is -1.72. The molecule has 1 aromatic heterocycles. The Morgan fingerprint density at radius 1 is 1.35 bits per heavy atom. The van der Waals surface area contributed by atoms with Gasteiger partial charge in [0.15, 0.2) is 5.69 Å². The number of benzene rings is 1. The second-order valence-corrected chi connectivity index (χ2v) is 5.44. The Labute approximate surface area is 122 Å². The molecule has 2 aromatic rings. The third-order valence-corrected chi connectivity index (χ3v) is 3.82. The van der Waals surface area contributed by atoms with E-state index in [4.69, 9.17) is 9.47 Å². The second-order valence-electron chi connectivity index (χ2n) is 4.23. The quantitative estimate of drug-likeness (QED) is 0.792. The predicted molar refractivity (Wildman–Crippen MR) is 79.0 cm³/mol. The van der Waals surface area contributed by atoms with Crippen molar-refractivity contribution in [2.24, 2.45) is 0 Å². The molecule has 0 saturated carbocycles. The van der Waals surface area contributed by atoms with Crippen LogP contribution in [-0.2, 0) is 16.1 Å². The van der Waals surface area contributed by atoms with E-state index in [1.165, 1.54) is 11.3 Å². The van der Waals surface area contributed by atoms with E-state index in [0.29, 0.717) is 18.9 Å². The molecule has 0 aliphatic carbocycles.